The van der Waals surface area contributed by atoms with E-state index in [9.17, 15) is 13.6 Å². The van der Waals surface area contributed by atoms with E-state index >= 15 is 0 Å². The molecule has 0 radical (unpaired) electrons. The van der Waals surface area contributed by atoms with Crippen molar-refractivity contribution in [2.45, 2.75) is 12.8 Å². The quantitative estimate of drug-likeness (QED) is 0.887. The van der Waals surface area contributed by atoms with E-state index in [0.717, 1.165) is 42.8 Å². The molecule has 1 heterocycles. The second-order valence-electron chi connectivity index (χ2n) is 4.99. The topological polar surface area (TPSA) is 41.1 Å². The number of carbonyl (C=O) groups is 1. The molecule has 0 fully saturated rings. The summed E-state index contributed by atoms with van der Waals surface area (Å²) in [7, 11) is 0. The van der Waals surface area contributed by atoms with Gasteiger partial charge in [-0.25, -0.2) is 8.78 Å². The predicted octanol–water partition coefficient (Wildman–Crippen LogP) is 3.58. The molecule has 0 aromatic heterocycles. The summed E-state index contributed by atoms with van der Waals surface area (Å²) in [4.78, 5) is 12.1. The van der Waals surface area contributed by atoms with E-state index in [0.29, 0.717) is 5.56 Å². The third-order valence-electron chi connectivity index (χ3n) is 3.48. The van der Waals surface area contributed by atoms with Gasteiger partial charge in [-0.05, 0) is 48.7 Å². The van der Waals surface area contributed by atoms with E-state index in [-0.39, 0.29) is 11.6 Å². The zero-order valence-electron chi connectivity index (χ0n) is 11.2. The van der Waals surface area contributed by atoms with Gasteiger partial charge in [-0.2, -0.15) is 0 Å². The number of anilines is 2. The highest BCUT2D eigenvalue weighted by atomic mass is 19.2. The Bertz CT molecular complexity index is 701. The van der Waals surface area contributed by atoms with Crippen molar-refractivity contribution in [3.63, 3.8) is 0 Å². The van der Waals surface area contributed by atoms with E-state index in [4.69, 9.17) is 0 Å². The number of hydrogen-bond acceptors (Lipinski definition) is 2. The van der Waals surface area contributed by atoms with Gasteiger partial charge in [-0.3, -0.25) is 4.79 Å². The fraction of sp³-hybridized carbons (Fsp3) is 0.188. The lowest BCUT2D eigenvalue weighted by atomic mass is 10.0. The number of carbonyl (C=O) groups excluding carboxylic acids is 1. The van der Waals surface area contributed by atoms with Crippen molar-refractivity contribution in [2.24, 2.45) is 0 Å². The molecule has 0 atom stereocenters. The Morgan fingerprint density at radius 1 is 1.10 bits per heavy atom. The van der Waals surface area contributed by atoms with Gasteiger partial charge in [-0.1, -0.05) is 0 Å². The van der Waals surface area contributed by atoms with Crippen LogP contribution in [0.3, 0.4) is 0 Å². The molecule has 3 nitrogen and oxygen atoms in total. The highest BCUT2D eigenvalue weighted by Gasteiger charge is 2.13. The van der Waals surface area contributed by atoms with Crippen LogP contribution in [-0.2, 0) is 6.42 Å². The summed E-state index contributed by atoms with van der Waals surface area (Å²) in [6.07, 6.45) is 1.95. The van der Waals surface area contributed by atoms with Gasteiger partial charge < -0.3 is 10.6 Å². The molecule has 0 bridgehead atoms. The molecule has 0 saturated carbocycles. The van der Waals surface area contributed by atoms with Crippen LogP contribution in [0, 0.1) is 11.6 Å². The lowest BCUT2D eigenvalue weighted by Gasteiger charge is -2.18. The van der Waals surface area contributed by atoms with Gasteiger partial charge in [-0.15, -0.1) is 0 Å². The van der Waals surface area contributed by atoms with Crippen LogP contribution in [-0.4, -0.2) is 12.5 Å². The molecule has 108 valence electrons. The first kappa shape index (κ1) is 13.5. The van der Waals surface area contributed by atoms with Crippen LogP contribution < -0.4 is 10.6 Å². The largest absolute Gasteiger partial charge is 0.385 e. The summed E-state index contributed by atoms with van der Waals surface area (Å²) in [5.41, 5.74) is 2.88. The zero-order chi connectivity index (χ0) is 14.8. The Morgan fingerprint density at radius 3 is 2.76 bits per heavy atom. The first-order valence-corrected chi connectivity index (χ1v) is 6.77. The first-order chi connectivity index (χ1) is 10.1. The molecule has 2 aromatic rings. The van der Waals surface area contributed by atoms with Gasteiger partial charge in [0.05, 0.1) is 0 Å². The number of hydrogen-bond donors (Lipinski definition) is 2. The fourth-order valence-corrected chi connectivity index (χ4v) is 2.39. The number of aryl methyl sites for hydroxylation is 1. The molecule has 0 unspecified atom stereocenters. The van der Waals surface area contributed by atoms with Crippen molar-refractivity contribution in [3.8, 4) is 0 Å². The second-order valence-corrected chi connectivity index (χ2v) is 4.99. The fourth-order valence-electron chi connectivity index (χ4n) is 2.39. The molecular formula is C16H14F2N2O. The van der Waals surface area contributed by atoms with Crippen LogP contribution in [0.15, 0.2) is 36.4 Å². The number of fused-ring (bicyclic) bond motifs is 1. The molecule has 1 amide bonds. The SMILES string of the molecule is O=C(Nc1ccc(F)c(F)c1)c1ccc2c(c1)CCCN2. The van der Waals surface area contributed by atoms with Crippen LogP contribution in [0.5, 0.6) is 0 Å². The summed E-state index contributed by atoms with van der Waals surface area (Å²) in [6, 6.07) is 8.70. The Hall–Kier alpha value is -2.43. The van der Waals surface area contributed by atoms with Crippen molar-refractivity contribution in [2.75, 3.05) is 17.2 Å². The minimum absolute atomic E-state index is 0.231. The van der Waals surface area contributed by atoms with E-state index in [2.05, 4.69) is 10.6 Å². The second kappa shape index (κ2) is 5.52. The maximum absolute atomic E-state index is 13.1. The van der Waals surface area contributed by atoms with Gasteiger partial charge in [0.1, 0.15) is 0 Å². The van der Waals surface area contributed by atoms with E-state index in [1.54, 1.807) is 6.07 Å². The maximum Gasteiger partial charge on any atom is 0.255 e. The van der Waals surface area contributed by atoms with Crippen molar-refractivity contribution in [1.29, 1.82) is 0 Å². The normalized spacial score (nSPS) is 13.2. The predicted molar refractivity (Wildman–Crippen MR) is 77.6 cm³/mol. The van der Waals surface area contributed by atoms with Gasteiger partial charge in [0.2, 0.25) is 0 Å². The molecule has 1 aliphatic rings. The van der Waals surface area contributed by atoms with Crippen LogP contribution in [0.2, 0.25) is 0 Å². The highest BCUT2D eigenvalue weighted by molar-refractivity contribution is 6.04. The average molecular weight is 288 g/mol. The standard InChI is InChI=1S/C16H14F2N2O/c17-13-5-4-12(9-14(13)18)20-16(21)11-3-6-15-10(8-11)2-1-7-19-15/h3-6,8-9,19H,1-2,7H2,(H,20,21). The lowest BCUT2D eigenvalue weighted by molar-refractivity contribution is 0.102. The molecule has 5 heteroatoms. The van der Waals surface area contributed by atoms with Gasteiger partial charge in [0, 0.05) is 29.5 Å². The van der Waals surface area contributed by atoms with Gasteiger partial charge >= 0.3 is 0 Å². The number of rotatable bonds is 2. The summed E-state index contributed by atoms with van der Waals surface area (Å²) >= 11 is 0. The van der Waals surface area contributed by atoms with Crippen LogP contribution in [0.25, 0.3) is 0 Å². The van der Waals surface area contributed by atoms with Crippen molar-refractivity contribution < 1.29 is 13.6 Å². The molecule has 2 N–H and O–H groups in total. The van der Waals surface area contributed by atoms with Crippen LogP contribution >= 0.6 is 0 Å². The van der Waals surface area contributed by atoms with Crippen molar-refractivity contribution >= 4 is 17.3 Å². The van der Waals surface area contributed by atoms with E-state index in [1.165, 1.54) is 6.07 Å². The maximum atomic E-state index is 13.1. The first-order valence-electron chi connectivity index (χ1n) is 6.77. The smallest absolute Gasteiger partial charge is 0.255 e. The lowest BCUT2D eigenvalue weighted by Crippen LogP contribution is -2.15. The van der Waals surface area contributed by atoms with Crippen LogP contribution in [0.1, 0.15) is 22.3 Å². The van der Waals surface area contributed by atoms with Crippen molar-refractivity contribution in [1.82, 2.24) is 0 Å². The molecule has 0 saturated heterocycles. The Kier molecular flexibility index (Phi) is 3.56. The average Bonchev–Trinajstić information content (AvgIpc) is 2.50. The molecule has 2 aromatic carbocycles. The minimum atomic E-state index is -0.984. The molecular weight excluding hydrogens is 274 g/mol. The summed E-state index contributed by atoms with van der Waals surface area (Å²) in [5.74, 6) is -2.26. The summed E-state index contributed by atoms with van der Waals surface area (Å²) in [6.45, 7) is 0.938. The van der Waals surface area contributed by atoms with Crippen LogP contribution in [0.4, 0.5) is 20.2 Å². The molecule has 21 heavy (non-hydrogen) atoms. The molecule has 3 rings (SSSR count). The number of nitrogens with one attached hydrogen (secondary N) is 2. The number of benzene rings is 2. The molecule has 1 aliphatic heterocycles. The monoisotopic (exact) mass is 288 g/mol. The Labute approximate surface area is 121 Å². The highest BCUT2D eigenvalue weighted by Crippen LogP contribution is 2.23. The van der Waals surface area contributed by atoms with E-state index < -0.39 is 11.6 Å². The molecule has 0 spiro atoms. The van der Waals surface area contributed by atoms with Crippen molar-refractivity contribution in [3.05, 3.63) is 59.2 Å². The summed E-state index contributed by atoms with van der Waals surface area (Å²) < 4.78 is 26.0. The third-order valence-corrected chi connectivity index (χ3v) is 3.48. The number of halogens is 2. The Balaban J connectivity index is 1.80. The summed E-state index contributed by atoms with van der Waals surface area (Å²) in [5, 5.41) is 5.84. The van der Waals surface area contributed by atoms with Gasteiger partial charge in [0.15, 0.2) is 11.6 Å². The minimum Gasteiger partial charge on any atom is -0.385 e. The molecule has 0 aliphatic carbocycles. The van der Waals surface area contributed by atoms with E-state index in [1.807, 2.05) is 12.1 Å². The van der Waals surface area contributed by atoms with Gasteiger partial charge in [0.25, 0.3) is 5.91 Å². The zero-order valence-corrected chi connectivity index (χ0v) is 11.2. The third kappa shape index (κ3) is 2.86. The number of amides is 1. The Morgan fingerprint density at radius 2 is 1.95 bits per heavy atom.